The number of fused-ring (bicyclic) bond motifs is 2. The Bertz CT molecular complexity index is 1030. The molecule has 1 aromatic carbocycles. The number of carbonyl (C=O) groups is 3. The Morgan fingerprint density at radius 1 is 1.11 bits per heavy atom. The van der Waals surface area contributed by atoms with Crippen molar-refractivity contribution >= 4 is 17.9 Å². The van der Waals surface area contributed by atoms with Gasteiger partial charge in [0.05, 0.1) is 13.2 Å². The zero-order chi connectivity index (χ0) is 27.1. The van der Waals surface area contributed by atoms with E-state index in [1.165, 1.54) is 0 Å². The third-order valence-electron chi connectivity index (χ3n) is 6.97. The van der Waals surface area contributed by atoms with Crippen molar-refractivity contribution in [3.8, 4) is 0 Å². The number of carbonyl (C=O) groups excluding carboxylic acids is 1. The number of hydrogen-bond acceptors (Lipinski definition) is 10. The van der Waals surface area contributed by atoms with Crippen LogP contribution in [0.1, 0.15) is 25.3 Å². The summed E-state index contributed by atoms with van der Waals surface area (Å²) < 4.78 is 15.3. The highest BCUT2D eigenvalue weighted by atomic mass is 16.8. The number of carboxylic acids is 2. The van der Waals surface area contributed by atoms with E-state index in [0.717, 1.165) is 12.7 Å². The summed E-state index contributed by atoms with van der Waals surface area (Å²) in [7, 11) is 0.852. The summed E-state index contributed by atoms with van der Waals surface area (Å²) in [5, 5.41) is 62.7. The second-order valence-corrected chi connectivity index (χ2v) is 9.21. The molecular formula is C24H30O12. The van der Waals surface area contributed by atoms with Crippen LogP contribution in [0.25, 0.3) is 0 Å². The summed E-state index contributed by atoms with van der Waals surface area (Å²) in [6.07, 6.45) is -8.30. The summed E-state index contributed by atoms with van der Waals surface area (Å²) in [6.45, 7) is 5.64. The second kappa shape index (κ2) is 9.88. The maximum Gasteiger partial charge on any atom is 0.343 e. The van der Waals surface area contributed by atoms with E-state index in [-0.39, 0.29) is 17.9 Å². The van der Waals surface area contributed by atoms with Gasteiger partial charge in [-0.3, -0.25) is 0 Å². The average Bonchev–Trinajstić information content (AvgIpc) is 3.05. The van der Waals surface area contributed by atoms with E-state index < -0.39 is 65.7 Å². The monoisotopic (exact) mass is 510 g/mol. The molecule has 2 aliphatic heterocycles. The van der Waals surface area contributed by atoms with Crippen molar-refractivity contribution in [2.45, 2.75) is 67.6 Å². The van der Waals surface area contributed by atoms with Crippen LogP contribution in [-0.2, 0) is 35.0 Å². The van der Waals surface area contributed by atoms with Crippen molar-refractivity contribution in [2.24, 2.45) is 5.92 Å². The van der Waals surface area contributed by atoms with Crippen LogP contribution in [0.4, 0.5) is 0 Å². The molecule has 12 heteroatoms. The molecule has 0 spiro atoms. The number of benzene rings is 1. The lowest BCUT2D eigenvalue weighted by Gasteiger charge is -2.48. The minimum absolute atomic E-state index is 0.140. The van der Waals surface area contributed by atoms with Gasteiger partial charge in [-0.1, -0.05) is 43.8 Å². The summed E-state index contributed by atoms with van der Waals surface area (Å²) in [4.78, 5) is 36.6. The fourth-order valence-electron chi connectivity index (χ4n) is 4.90. The van der Waals surface area contributed by atoms with Gasteiger partial charge in [0.1, 0.15) is 12.2 Å². The summed E-state index contributed by atoms with van der Waals surface area (Å²) in [6, 6.07) is 9.37. The predicted molar refractivity (Wildman–Crippen MR) is 119 cm³/mol. The van der Waals surface area contributed by atoms with Gasteiger partial charge in [0, 0.05) is 6.42 Å². The van der Waals surface area contributed by atoms with Crippen LogP contribution < -0.4 is 0 Å². The fourth-order valence-corrected chi connectivity index (χ4v) is 4.90. The lowest BCUT2D eigenvalue weighted by Crippen LogP contribution is -2.77. The standard InChI is InChI=1S/C24H30O12/c1-12(15(25)13(2)11-14-7-5-4-6-8-14)9-10-22-16(26)17(27)24(36-22,21(31)32)23(33,20(29)30)18(35-22)19(28)34-3/h4-8,13,15-18,25-27,33H,1,9-11H2,2-3H3,(H,29,30)(H,31,32)/t13-,15-,16-,17-,18-,22+,23-,24+/m1/s1. The van der Waals surface area contributed by atoms with E-state index in [1.54, 1.807) is 6.92 Å². The molecule has 12 nitrogen and oxygen atoms in total. The number of carboxylic acid groups (broad SMARTS) is 2. The minimum atomic E-state index is -3.66. The maximum atomic E-state index is 12.4. The molecule has 2 heterocycles. The van der Waals surface area contributed by atoms with E-state index in [4.69, 9.17) is 9.47 Å². The molecular weight excluding hydrogens is 480 g/mol. The van der Waals surface area contributed by atoms with Gasteiger partial charge in [0.15, 0.2) is 5.79 Å². The molecule has 3 rings (SSSR count). The molecule has 0 unspecified atom stereocenters. The van der Waals surface area contributed by atoms with Gasteiger partial charge in [-0.2, -0.15) is 0 Å². The van der Waals surface area contributed by atoms with Gasteiger partial charge in [-0.25, -0.2) is 14.4 Å². The Morgan fingerprint density at radius 2 is 1.72 bits per heavy atom. The van der Waals surface area contributed by atoms with Crippen LogP contribution in [0.5, 0.6) is 0 Å². The molecule has 8 atom stereocenters. The molecule has 36 heavy (non-hydrogen) atoms. The van der Waals surface area contributed by atoms with Crippen LogP contribution >= 0.6 is 0 Å². The van der Waals surface area contributed by atoms with E-state index >= 15 is 0 Å². The van der Waals surface area contributed by atoms with Gasteiger partial charge < -0.3 is 44.8 Å². The molecule has 0 amide bonds. The first-order chi connectivity index (χ1) is 16.8. The smallest absolute Gasteiger partial charge is 0.343 e. The molecule has 0 aliphatic carbocycles. The number of esters is 1. The fraction of sp³-hybridized carbons (Fsp3) is 0.542. The summed E-state index contributed by atoms with van der Waals surface area (Å²) >= 11 is 0. The van der Waals surface area contributed by atoms with Gasteiger partial charge in [-0.15, -0.1) is 0 Å². The topological polar surface area (TPSA) is 200 Å². The minimum Gasteiger partial charge on any atom is -0.479 e. The van der Waals surface area contributed by atoms with E-state index in [0.29, 0.717) is 6.42 Å². The van der Waals surface area contributed by atoms with E-state index in [1.807, 2.05) is 30.3 Å². The highest BCUT2D eigenvalue weighted by Crippen LogP contribution is 2.54. The third-order valence-corrected chi connectivity index (χ3v) is 6.97. The summed E-state index contributed by atoms with van der Waals surface area (Å²) in [5.74, 6) is -8.59. The number of methoxy groups -OCH3 is 1. The van der Waals surface area contributed by atoms with Gasteiger partial charge >= 0.3 is 17.9 Å². The number of aliphatic carboxylic acids is 2. The molecule has 1 aromatic rings. The molecule has 2 fully saturated rings. The number of hydrogen-bond donors (Lipinski definition) is 6. The quantitative estimate of drug-likeness (QED) is 0.170. The van der Waals surface area contributed by atoms with Crippen LogP contribution in [0.2, 0.25) is 0 Å². The highest BCUT2D eigenvalue weighted by Gasteiger charge is 2.84. The van der Waals surface area contributed by atoms with Crippen molar-refractivity contribution in [1.82, 2.24) is 0 Å². The van der Waals surface area contributed by atoms with Crippen LogP contribution in [-0.4, -0.2) is 97.1 Å². The average molecular weight is 510 g/mol. The largest absolute Gasteiger partial charge is 0.479 e. The lowest BCUT2D eigenvalue weighted by atomic mass is 9.74. The molecule has 0 aromatic heterocycles. The number of rotatable bonds is 10. The zero-order valence-corrected chi connectivity index (χ0v) is 19.7. The third kappa shape index (κ3) is 4.09. The molecule has 2 saturated heterocycles. The van der Waals surface area contributed by atoms with Crippen molar-refractivity contribution in [1.29, 1.82) is 0 Å². The Hall–Kier alpha value is -2.87. The highest BCUT2D eigenvalue weighted by molar-refractivity contribution is 5.98. The Morgan fingerprint density at radius 3 is 2.25 bits per heavy atom. The molecule has 2 aliphatic rings. The molecule has 198 valence electrons. The van der Waals surface area contributed by atoms with Gasteiger partial charge in [-0.05, 0) is 29.9 Å². The van der Waals surface area contributed by atoms with Crippen LogP contribution in [0.3, 0.4) is 0 Å². The Balaban J connectivity index is 1.89. The molecule has 0 saturated carbocycles. The molecule has 2 bridgehead atoms. The second-order valence-electron chi connectivity index (χ2n) is 9.21. The van der Waals surface area contributed by atoms with Crippen molar-refractivity contribution < 1.29 is 59.2 Å². The molecule has 6 N–H and O–H groups in total. The van der Waals surface area contributed by atoms with Crippen molar-refractivity contribution in [3.63, 3.8) is 0 Å². The summed E-state index contributed by atoms with van der Waals surface area (Å²) in [5.41, 5.74) is -5.81. The van der Waals surface area contributed by atoms with Crippen LogP contribution in [0, 0.1) is 5.92 Å². The lowest BCUT2D eigenvalue weighted by molar-refractivity contribution is -0.374. The SMILES string of the molecule is C=C(CC[C@]12O[C@H](C(=O)OC)[C@@](O)(C(=O)O)[C@](C(=O)O)(O1)[C@H](O)[C@H]2O)[C@@H](O)[C@H](C)Cc1ccccc1. The number of ether oxygens (including phenoxy) is 3. The van der Waals surface area contributed by atoms with Gasteiger partial charge in [0.25, 0.3) is 0 Å². The zero-order valence-electron chi connectivity index (χ0n) is 19.7. The predicted octanol–water partition coefficient (Wildman–Crippen LogP) is -0.778. The van der Waals surface area contributed by atoms with E-state index in [2.05, 4.69) is 11.3 Å². The maximum absolute atomic E-state index is 12.4. The number of aliphatic hydroxyl groups is 4. The first-order valence-corrected chi connectivity index (χ1v) is 11.2. The Kier molecular flexibility index (Phi) is 7.61. The van der Waals surface area contributed by atoms with Gasteiger partial charge in [0.2, 0.25) is 17.3 Å². The first-order valence-electron chi connectivity index (χ1n) is 11.2. The normalized spacial score (nSPS) is 35.0. The van der Waals surface area contributed by atoms with E-state index in [9.17, 15) is 45.0 Å². The molecule has 0 radical (unpaired) electrons. The van der Waals surface area contributed by atoms with Crippen molar-refractivity contribution in [2.75, 3.05) is 7.11 Å². The van der Waals surface area contributed by atoms with Crippen LogP contribution in [0.15, 0.2) is 42.5 Å². The first kappa shape index (κ1) is 27.7. The van der Waals surface area contributed by atoms with Crippen molar-refractivity contribution in [3.05, 3.63) is 48.0 Å². The Labute approximate surface area is 206 Å². The number of aliphatic hydroxyl groups excluding tert-OH is 3.